The number of anilines is 1. The summed E-state index contributed by atoms with van der Waals surface area (Å²) in [5.74, 6) is 1.87. The average Bonchev–Trinajstić information content (AvgIpc) is 3.38. The van der Waals surface area contributed by atoms with E-state index >= 15 is 0 Å². The number of hydrogen-bond donors (Lipinski definition) is 2. The van der Waals surface area contributed by atoms with Crippen molar-refractivity contribution in [3.8, 4) is 11.5 Å². The molecule has 0 aromatic heterocycles. The van der Waals surface area contributed by atoms with Crippen molar-refractivity contribution in [2.24, 2.45) is 5.92 Å². The molecule has 3 aliphatic rings. The van der Waals surface area contributed by atoms with Crippen LogP contribution in [0.3, 0.4) is 0 Å². The molecule has 2 heterocycles. The largest absolute Gasteiger partial charge is 0.486 e. The Bertz CT molecular complexity index is 704. The van der Waals surface area contributed by atoms with E-state index in [0.717, 1.165) is 6.42 Å². The van der Waals surface area contributed by atoms with Gasteiger partial charge in [-0.15, -0.1) is 0 Å². The number of ether oxygens (including phenoxy) is 2. The third-order valence-corrected chi connectivity index (χ3v) is 5.31. The van der Waals surface area contributed by atoms with Crippen LogP contribution in [-0.2, 0) is 4.79 Å². The molecule has 2 N–H and O–H groups in total. The second-order valence-electron chi connectivity index (χ2n) is 7.27. The van der Waals surface area contributed by atoms with E-state index in [0.29, 0.717) is 49.3 Å². The molecule has 0 radical (unpaired) electrons. The van der Waals surface area contributed by atoms with E-state index in [-0.39, 0.29) is 18.0 Å². The molecule has 7 nitrogen and oxygen atoms in total. The van der Waals surface area contributed by atoms with Crippen molar-refractivity contribution in [1.29, 1.82) is 0 Å². The smallest absolute Gasteiger partial charge is 0.322 e. The van der Waals surface area contributed by atoms with Gasteiger partial charge in [0.05, 0.1) is 0 Å². The predicted octanol–water partition coefficient (Wildman–Crippen LogP) is 2.37. The fraction of sp³-hybridized carbons (Fsp3) is 0.579. The van der Waals surface area contributed by atoms with E-state index < -0.39 is 6.04 Å². The molecule has 2 fully saturated rings. The van der Waals surface area contributed by atoms with Gasteiger partial charge in [0.15, 0.2) is 11.5 Å². The zero-order chi connectivity index (χ0) is 18.1. The van der Waals surface area contributed by atoms with Gasteiger partial charge in [-0.25, -0.2) is 4.79 Å². The number of nitrogens with zero attached hydrogens (tertiary/aromatic N) is 1. The third kappa shape index (κ3) is 3.57. The molecule has 1 saturated heterocycles. The molecule has 4 rings (SSSR count). The van der Waals surface area contributed by atoms with Gasteiger partial charge in [0.25, 0.3) is 0 Å². The van der Waals surface area contributed by atoms with Crippen molar-refractivity contribution < 1.29 is 19.1 Å². The first-order chi connectivity index (χ1) is 12.6. The molecule has 0 spiro atoms. The number of amides is 3. The summed E-state index contributed by atoms with van der Waals surface area (Å²) in [5.41, 5.74) is 0.636. The van der Waals surface area contributed by atoms with Crippen LogP contribution in [0.5, 0.6) is 11.5 Å². The number of urea groups is 1. The van der Waals surface area contributed by atoms with Crippen molar-refractivity contribution in [2.75, 3.05) is 25.1 Å². The number of rotatable bonds is 4. The van der Waals surface area contributed by atoms with E-state index in [1.807, 2.05) is 6.92 Å². The number of fused-ring (bicyclic) bond motifs is 1. The number of hydrogen-bond acceptors (Lipinski definition) is 4. The normalized spacial score (nSPS) is 22.7. The van der Waals surface area contributed by atoms with Crippen molar-refractivity contribution in [3.05, 3.63) is 18.2 Å². The monoisotopic (exact) mass is 359 g/mol. The molecule has 1 aromatic rings. The maximum absolute atomic E-state index is 12.7. The standard InChI is InChI=1S/C19H25N3O4/c1-12(13-4-5-13)20-18(23)15-3-2-8-22(15)19(24)21-14-6-7-16-17(11-14)26-10-9-25-16/h6-7,11-13,15H,2-5,8-10H2,1H3,(H,20,23)(H,21,24)/t12?,15-/m0/s1. The molecule has 1 unspecified atom stereocenters. The van der Waals surface area contributed by atoms with Gasteiger partial charge in [0, 0.05) is 24.3 Å². The first-order valence-corrected chi connectivity index (χ1v) is 9.39. The Balaban J connectivity index is 1.39. The minimum Gasteiger partial charge on any atom is -0.486 e. The second-order valence-corrected chi connectivity index (χ2v) is 7.27. The first-order valence-electron chi connectivity index (χ1n) is 9.39. The molecule has 140 valence electrons. The summed E-state index contributed by atoms with van der Waals surface area (Å²) in [7, 11) is 0. The van der Waals surface area contributed by atoms with Gasteiger partial charge >= 0.3 is 6.03 Å². The lowest BCUT2D eigenvalue weighted by molar-refractivity contribution is -0.125. The molecule has 3 amide bonds. The molecule has 7 heteroatoms. The van der Waals surface area contributed by atoms with Gasteiger partial charge < -0.3 is 25.0 Å². The Morgan fingerprint density at radius 2 is 1.92 bits per heavy atom. The topological polar surface area (TPSA) is 79.9 Å². The molecule has 2 atom stereocenters. The second kappa shape index (κ2) is 7.05. The van der Waals surface area contributed by atoms with Crippen LogP contribution >= 0.6 is 0 Å². The van der Waals surface area contributed by atoms with Crippen LogP contribution < -0.4 is 20.1 Å². The van der Waals surface area contributed by atoms with Gasteiger partial charge in [-0.3, -0.25) is 4.79 Å². The molecule has 26 heavy (non-hydrogen) atoms. The Hall–Kier alpha value is -2.44. The molecule has 0 bridgehead atoms. The average molecular weight is 359 g/mol. The van der Waals surface area contributed by atoms with Crippen molar-refractivity contribution in [2.45, 2.75) is 44.7 Å². The van der Waals surface area contributed by atoms with Crippen LogP contribution in [0, 0.1) is 5.92 Å². The minimum atomic E-state index is -0.395. The fourth-order valence-electron chi connectivity index (χ4n) is 3.63. The summed E-state index contributed by atoms with van der Waals surface area (Å²) in [5, 5.41) is 5.95. The highest BCUT2D eigenvalue weighted by molar-refractivity contribution is 5.94. The molecular formula is C19H25N3O4. The Morgan fingerprint density at radius 3 is 2.69 bits per heavy atom. The third-order valence-electron chi connectivity index (χ3n) is 5.31. The van der Waals surface area contributed by atoms with Crippen LogP contribution in [0.1, 0.15) is 32.6 Å². The highest BCUT2D eigenvalue weighted by Gasteiger charge is 2.37. The summed E-state index contributed by atoms with van der Waals surface area (Å²) in [6.45, 7) is 3.66. The zero-order valence-electron chi connectivity index (χ0n) is 15.0. The van der Waals surface area contributed by atoms with Crippen LogP contribution in [0.15, 0.2) is 18.2 Å². The molecule has 2 aliphatic heterocycles. The van der Waals surface area contributed by atoms with Crippen molar-refractivity contribution in [3.63, 3.8) is 0 Å². The van der Waals surface area contributed by atoms with Crippen molar-refractivity contribution in [1.82, 2.24) is 10.2 Å². The highest BCUT2D eigenvalue weighted by Crippen LogP contribution is 2.34. The van der Waals surface area contributed by atoms with E-state index in [4.69, 9.17) is 9.47 Å². The Morgan fingerprint density at radius 1 is 1.15 bits per heavy atom. The van der Waals surface area contributed by atoms with Gasteiger partial charge in [0.1, 0.15) is 19.3 Å². The lowest BCUT2D eigenvalue weighted by Gasteiger charge is -2.26. The summed E-state index contributed by atoms with van der Waals surface area (Å²) in [4.78, 5) is 26.9. The number of likely N-dealkylation sites (tertiary alicyclic amines) is 1. The van der Waals surface area contributed by atoms with E-state index in [1.54, 1.807) is 23.1 Å². The Labute approximate surface area is 153 Å². The van der Waals surface area contributed by atoms with Gasteiger partial charge in [-0.1, -0.05) is 0 Å². The minimum absolute atomic E-state index is 0.0424. The zero-order valence-corrected chi connectivity index (χ0v) is 15.0. The summed E-state index contributed by atoms with van der Waals surface area (Å²) < 4.78 is 11.0. The van der Waals surface area contributed by atoms with E-state index in [1.165, 1.54) is 12.8 Å². The number of benzene rings is 1. The van der Waals surface area contributed by atoms with Gasteiger partial charge in [0.2, 0.25) is 5.91 Å². The number of nitrogens with one attached hydrogen (secondary N) is 2. The van der Waals surface area contributed by atoms with Crippen LogP contribution in [0.25, 0.3) is 0 Å². The lowest BCUT2D eigenvalue weighted by atomic mass is 10.1. The molecule has 1 saturated carbocycles. The SMILES string of the molecule is CC(NC(=O)[C@@H]1CCCN1C(=O)Nc1ccc2c(c1)OCCO2)C1CC1. The van der Waals surface area contributed by atoms with Crippen LogP contribution in [-0.4, -0.2) is 48.7 Å². The quantitative estimate of drug-likeness (QED) is 0.865. The molecule has 1 aliphatic carbocycles. The molecule has 1 aromatic carbocycles. The maximum Gasteiger partial charge on any atom is 0.322 e. The van der Waals surface area contributed by atoms with E-state index in [9.17, 15) is 9.59 Å². The summed E-state index contributed by atoms with van der Waals surface area (Å²) in [6.07, 6.45) is 3.91. The predicted molar refractivity (Wildman–Crippen MR) is 96.5 cm³/mol. The van der Waals surface area contributed by atoms with E-state index in [2.05, 4.69) is 10.6 Å². The maximum atomic E-state index is 12.7. The highest BCUT2D eigenvalue weighted by atomic mass is 16.6. The molecular weight excluding hydrogens is 334 g/mol. The van der Waals surface area contributed by atoms with Crippen LogP contribution in [0.4, 0.5) is 10.5 Å². The van der Waals surface area contributed by atoms with Gasteiger partial charge in [-0.05, 0) is 50.7 Å². The number of carbonyl (C=O) groups is 2. The fourth-order valence-corrected chi connectivity index (χ4v) is 3.63. The summed E-state index contributed by atoms with van der Waals surface area (Å²) >= 11 is 0. The Kier molecular flexibility index (Phi) is 4.61. The van der Waals surface area contributed by atoms with Crippen LogP contribution in [0.2, 0.25) is 0 Å². The lowest BCUT2D eigenvalue weighted by Crippen LogP contribution is -2.49. The van der Waals surface area contributed by atoms with Gasteiger partial charge in [-0.2, -0.15) is 0 Å². The summed E-state index contributed by atoms with van der Waals surface area (Å²) in [6, 6.07) is 4.87. The first kappa shape index (κ1) is 17.0. The van der Waals surface area contributed by atoms with Crippen molar-refractivity contribution >= 4 is 17.6 Å². The number of carbonyl (C=O) groups excluding carboxylic acids is 2.